The van der Waals surface area contributed by atoms with Crippen LogP contribution in [0, 0.1) is 0 Å². The molecule has 0 aliphatic rings. The molecule has 0 aromatic heterocycles. The van der Waals surface area contributed by atoms with Crippen molar-refractivity contribution in [3.63, 3.8) is 0 Å². The highest BCUT2D eigenvalue weighted by atomic mass is 32.1. The van der Waals surface area contributed by atoms with Gasteiger partial charge < -0.3 is 15.7 Å². The van der Waals surface area contributed by atoms with Gasteiger partial charge in [0.2, 0.25) is 5.91 Å². The van der Waals surface area contributed by atoms with Gasteiger partial charge in [-0.3, -0.25) is 14.4 Å². The molecule has 26 heavy (non-hydrogen) atoms. The van der Waals surface area contributed by atoms with Crippen LogP contribution in [0.15, 0.2) is 48.5 Å². The predicted molar refractivity (Wildman–Crippen MR) is 102 cm³/mol. The van der Waals surface area contributed by atoms with Crippen molar-refractivity contribution in [2.45, 2.75) is 18.6 Å². The summed E-state index contributed by atoms with van der Waals surface area (Å²) in [5.41, 5.74) is 2.95. The van der Waals surface area contributed by atoms with Crippen LogP contribution in [-0.4, -0.2) is 29.4 Å². The molecule has 0 spiro atoms. The average molecular weight is 372 g/mol. The van der Waals surface area contributed by atoms with E-state index in [0.29, 0.717) is 24.3 Å². The zero-order valence-corrected chi connectivity index (χ0v) is 15.0. The van der Waals surface area contributed by atoms with E-state index in [9.17, 15) is 14.4 Å². The summed E-state index contributed by atoms with van der Waals surface area (Å²) < 4.78 is 0. The van der Waals surface area contributed by atoms with Crippen LogP contribution in [-0.2, 0) is 21.8 Å². The number of hydrogen-bond acceptors (Lipinski definition) is 4. The fourth-order valence-corrected chi connectivity index (χ4v) is 2.73. The number of rotatable bonds is 8. The van der Waals surface area contributed by atoms with Crippen LogP contribution in [0.1, 0.15) is 27.9 Å². The van der Waals surface area contributed by atoms with Crippen LogP contribution < -0.4 is 10.6 Å². The van der Waals surface area contributed by atoms with Gasteiger partial charge in [-0.1, -0.05) is 30.3 Å². The van der Waals surface area contributed by atoms with Gasteiger partial charge in [-0.15, -0.1) is 0 Å². The largest absolute Gasteiger partial charge is 0.480 e. The van der Waals surface area contributed by atoms with E-state index in [1.54, 1.807) is 18.2 Å². The average Bonchev–Trinajstić information content (AvgIpc) is 2.64. The highest BCUT2D eigenvalue weighted by molar-refractivity contribution is 7.79. The summed E-state index contributed by atoms with van der Waals surface area (Å²) in [5.74, 6) is -1.18. The van der Waals surface area contributed by atoms with Crippen LogP contribution in [0.2, 0.25) is 0 Å². The Kier molecular flexibility index (Phi) is 7.23. The molecule has 2 rings (SSSR count). The molecule has 0 atom stereocenters. The van der Waals surface area contributed by atoms with Gasteiger partial charge in [0.25, 0.3) is 5.91 Å². The molecule has 0 fully saturated rings. The second-order valence-electron chi connectivity index (χ2n) is 5.63. The van der Waals surface area contributed by atoms with Crippen molar-refractivity contribution >= 4 is 36.1 Å². The van der Waals surface area contributed by atoms with Crippen molar-refractivity contribution in [2.24, 2.45) is 0 Å². The third kappa shape index (κ3) is 5.93. The Balaban J connectivity index is 1.93. The van der Waals surface area contributed by atoms with E-state index in [2.05, 4.69) is 23.3 Å². The molecule has 0 aliphatic heterocycles. The zero-order valence-electron chi connectivity index (χ0n) is 14.1. The molecule has 0 radical (unpaired) electrons. The fourth-order valence-electron chi connectivity index (χ4n) is 2.42. The van der Waals surface area contributed by atoms with Crippen LogP contribution in [0.3, 0.4) is 0 Å². The molecule has 0 heterocycles. The van der Waals surface area contributed by atoms with Gasteiger partial charge in [0, 0.05) is 23.4 Å². The van der Waals surface area contributed by atoms with E-state index in [-0.39, 0.29) is 11.5 Å². The highest BCUT2D eigenvalue weighted by Gasteiger charge is 2.10. The van der Waals surface area contributed by atoms with Crippen molar-refractivity contribution in [3.8, 4) is 0 Å². The second kappa shape index (κ2) is 9.62. The van der Waals surface area contributed by atoms with Crippen molar-refractivity contribution in [2.75, 3.05) is 11.9 Å². The van der Waals surface area contributed by atoms with Crippen LogP contribution in [0.25, 0.3) is 0 Å². The minimum Gasteiger partial charge on any atom is -0.480 e. The first-order chi connectivity index (χ1) is 12.5. The number of benzene rings is 2. The molecule has 0 saturated heterocycles. The minimum atomic E-state index is -1.12. The summed E-state index contributed by atoms with van der Waals surface area (Å²) in [4.78, 5) is 34.6. The minimum absolute atomic E-state index is 0.165. The summed E-state index contributed by atoms with van der Waals surface area (Å²) in [6, 6.07) is 14.2. The van der Waals surface area contributed by atoms with Gasteiger partial charge in [0.05, 0.1) is 0 Å². The standard InChI is InChI=1S/C19H20N2O4S/c22-17(9-8-13-4-1-2-5-15(13)12-26)21-16-7-3-6-14(10-16)19(25)20-11-18(23)24/h1-7,10,26H,8-9,11-12H2,(H,20,25)(H,21,22)(H,23,24). The third-order valence-electron chi connectivity index (χ3n) is 3.72. The Hall–Kier alpha value is -2.80. The number of hydrogen-bond donors (Lipinski definition) is 4. The first kappa shape index (κ1) is 19.5. The van der Waals surface area contributed by atoms with E-state index < -0.39 is 18.4 Å². The molecule has 136 valence electrons. The molecule has 7 heteroatoms. The zero-order chi connectivity index (χ0) is 18.9. The Labute approximate surface area is 157 Å². The molecule has 2 amide bonds. The molecule has 2 aromatic carbocycles. The SMILES string of the molecule is O=C(O)CNC(=O)c1cccc(NC(=O)CCc2ccccc2CS)c1. The van der Waals surface area contributed by atoms with Gasteiger partial charge in [-0.2, -0.15) is 12.6 Å². The lowest BCUT2D eigenvalue weighted by molar-refractivity contribution is -0.135. The normalized spacial score (nSPS) is 10.2. The summed E-state index contributed by atoms with van der Waals surface area (Å²) in [5, 5.41) is 13.6. The first-order valence-corrected chi connectivity index (χ1v) is 8.70. The second-order valence-corrected chi connectivity index (χ2v) is 5.95. The van der Waals surface area contributed by atoms with Crippen molar-refractivity contribution in [1.29, 1.82) is 0 Å². The van der Waals surface area contributed by atoms with E-state index in [0.717, 1.165) is 11.1 Å². The van der Waals surface area contributed by atoms with E-state index in [4.69, 9.17) is 5.11 Å². The Morgan fingerprint density at radius 2 is 1.73 bits per heavy atom. The summed E-state index contributed by atoms with van der Waals surface area (Å²) in [6.07, 6.45) is 0.904. The number of amides is 2. The maximum atomic E-state index is 12.2. The van der Waals surface area contributed by atoms with E-state index >= 15 is 0 Å². The molecule has 6 nitrogen and oxygen atoms in total. The molecule has 0 unspecified atom stereocenters. The van der Waals surface area contributed by atoms with Gasteiger partial charge in [0.1, 0.15) is 6.54 Å². The Morgan fingerprint density at radius 1 is 1.00 bits per heavy atom. The number of thiol groups is 1. The smallest absolute Gasteiger partial charge is 0.322 e. The predicted octanol–water partition coefficient (Wildman–Crippen LogP) is 2.50. The third-order valence-corrected chi connectivity index (χ3v) is 4.06. The van der Waals surface area contributed by atoms with Crippen LogP contribution in [0.5, 0.6) is 0 Å². The lowest BCUT2D eigenvalue weighted by atomic mass is 10.0. The quantitative estimate of drug-likeness (QED) is 0.536. The number of carbonyl (C=O) groups is 3. The first-order valence-electron chi connectivity index (χ1n) is 8.07. The highest BCUT2D eigenvalue weighted by Crippen LogP contribution is 2.15. The number of aryl methyl sites for hydroxylation is 1. The van der Waals surface area contributed by atoms with Gasteiger partial charge >= 0.3 is 5.97 Å². The van der Waals surface area contributed by atoms with E-state index in [1.807, 2.05) is 24.3 Å². The van der Waals surface area contributed by atoms with Crippen molar-refractivity contribution in [3.05, 3.63) is 65.2 Å². The van der Waals surface area contributed by atoms with Crippen molar-refractivity contribution < 1.29 is 19.5 Å². The van der Waals surface area contributed by atoms with Gasteiger partial charge in [-0.25, -0.2) is 0 Å². The number of carboxylic acids is 1. The van der Waals surface area contributed by atoms with Gasteiger partial charge in [0.15, 0.2) is 0 Å². The molecule has 0 saturated carbocycles. The summed E-state index contributed by atoms with van der Waals surface area (Å²) >= 11 is 4.29. The molecule has 0 aliphatic carbocycles. The summed E-state index contributed by atoms with van der Waals surface area (Å²) in [6.45, 7) is -0.458. The Morgan fingerprint density at radius 3 is 2.42 bits per heavy atom. The summed E-state index contributed by atoms with van der Waals surface area (Å²) in [7, 11) is 0. The lowest BCUT2D eigenvalue weighted by Crippen LogP contribution is -2.29. The molecule has 0 bridgehead atoms. The maximum Gasteiger partial charge on any atom is 0.322 e. The number of aliphatic carboxylic acids is 1. The number of anilines is 1. The number of carbonyl (C=O) groups excluding carboxylic acids is 2. The van der Waals surface area contributed by atoms with Crippen LogP contribution in [0.4, 0.5) is 5.69 Å². The van der Waals surface area contributed by atoms with Gasteiger partial charge in [-0.05, 0) is 35.7 Å². The Bertz CT molecular complexity index is 808. The lowest BCUT2D eigenvalue weighted by Gasteiger charge is -2.09. The van der Waals surface area contributed by atoms with E-state index in [1.165, 1.54) is 6.07 Å². The fraction of sp³-hybridized carbons (Fsp3) is 0.211. The van der Waals surface area contributed by atoms with Crippen molar-refractivity contribution in [1.82, 2.24) is 5.32 Å². The monoisotopic (exact) mass is 372 g/mol. The molecule has 2 aromatic rings. The molecule has 3 N–H and O–H groups in total. The molecular formula is C19H20N2O4S. The number of nitrogens with one attached hydrogen (secondary N) is 2. The topological polar surface area (TPSA) is 95.5 Å². The molecular weight excluding hydrogens is 352 g/mol. The number of carboxylic acid groups (broad SMARTS) is 1. The maximum absolute atomic E-state index is 12.2. The van der Waals surface area contributed by atoms with Crippen LogP contribution >= 0.6 is 12.6 Å².